The van der Waals surface area contributed by atoms with Crippen molar-refractivity contribution < 1.29 is 0 Å². The van der Waals surface area contributed by atoms with Crippen LogP contribution in [0.1, 0.15) is 18.5 Å². The minimum Gasteiger partial charge on any atom is -0.383 e. The molecular weight excluding hydrogens is 244 g/mol. The summed E-state index contributed by atoms with van der Waals surface area (Å²) in [6.45, 7) is 4.02. The van der Waals surface area contributed by atoms with Gasteiger partial charge in [0.15, 0.2) is 0 Å². The molecule has 4 nitrogen and oxygen atoms in total. The first-order valence-electron chi connectivity index (χ1n) is 4.73. The van der Waals surface area contributed by atoms with Crippen molar-refractivity contribution in [3.05, 3.63) is 10.2 Å². The van der Waals surface area contributed by atoms with Gasteiger partial charge >= 0.3 is 0 Å². The van der Waals surface area contributed by atoms with Crippen LogP contribution in [0.4, 0.5) is 11.8 Å². The Kier molecular flexibility index (Phi) is 2.58. The second kappa shape index (κ2) is 3.73. The molecule has 5 heteroatoms. The predicted molar refractivity (Wildman–Crippen MR) is 60.3 cm³/mol. The van der Waals surface area contributed by atoms with Crippen LogP contribution in [0.25, 0.3) is 0 Å². The summed E-state index contributed by atoms with van der Waals surface area (Å²) >= 11 is 3.35. The molecule has 2 N–H and O–H groups in total. The number of nitrogens with zero attached hydrogens (tertiary/aromatic N) is 3. The highest BCUT2D eigenvalue weighted by molar-refractivity contribution is 9.10. The first-order valence-corrected chi connectivity index (χ1v) is 5.52. The Hall–Kier alpha value is -0.840. The molecule has 0 unspecified atom stereocenters. The van der Waals surface area contributed by atoms with Crippen molar-refractivity contribution in [1.29, 1.82) is 0 Å². The van der Waals surface area contributed by atoms with E-state index in [0.717, 1.165) is 29.2 Å². The van der Waals surface area contributed by atoms with E-state index < -0.39 is 0 Å². The zero-order valence-electron chi connectivity index (χ0n) is 8.13. The third-order valence-electron chi connectivity index (χ3n) is 2.42. The number of halogens is 1. The summed E-state index contributed by atoms with van der Waals surface area (Å²) in [6.07, 6.45) is 2.44. The summed E-state index contributed by atoms with van der Waals surface area (Å²) in [7, 11) is 0. The first kappa shape index (κ1) is 9.71. The highest BCUT2D eigenvalue weighted by Crippen LogP contribution is 2.24. The van der Waals surface area contributed by atoms with Gasteiger partial charge in [-0.05, 0) is 35.7 Å². The monoisotopic (exact) mass is 256 g/mol. The maximum Gasteiger partial charge on any atom is 0.227 e. The normalized spacial score (nSPS) is 16.3. The largest absolute Gasteiger partial charge is 0.383 e. The molecule has 0 radical (unpaired) electrons. The molecule has 2 rings (SSSR count). The van der Waals surface area contributed by atoms with E-state index in [-0.39, 0.29) is 0 Å². The van der Waals surface area contributed by atoms with Crippen molar-refractivity contribution >= 4 is 27.7 Å². The van der Waals surface area contributed by atoms with Gasteiger partial charge in [0.25, 0.3) is 0 Å². The van der Waals surface area contributed by atoms with Crippen LogP contribution in [0, 0.1) is 6.92 Å². The minimum atomic E-state index is 0.527. The van der Waals surface area contributed by atoms with Crippen LogP contribution in [-0.2, 0) is 0 Å². The number of aromatic nitrogens is 2. The average Bonchev–Trinajstić information content (AvgIpc) is 2.66. The summed E-state index contributed by atoms with van der Waals surface area (Å²) in [5.74, 6) is 1.29. The third kappa shape index (κ3) is 1.68. The lowest BCUT2D eigenvalue weighted by atomic mass is 10.4. The molecule has 1 aliphatic heterocycles. The van der Waals surface area contributed by atoms with E-state index in [2.05, 4.69) is 30.8 Å². The molecule has 0 atom stereocenters. The van der Waals surface area contributed by atoms with E-state index in [1.54, 1.807) is 0 Å². The quantitative estimate of drug-likeness (QED) is 0.832. The lowest BCUT2D eigenvalue weighted by Crippen LogP contribution is -2.21. The number of nitrogen functional groups attached to an aromatic ring is 1. The Balaban J connectivity index is 2.34. The van der Waals surface area contributed by atoms with Gasteiger partial charge < -0.3 is 10.6 Å². The molecule has 76 valence electrons. The summed E-state index contributed by atoms with van der Waals surface area (Å²) in [4.78, 5) is 10.8. The molecule has 0 saturated carbocycles. The second-order valence-electron chi connectivity index (χ2n) is 3.50. The van der Waals surface area contributed by atoms with Gasteiger partial charge in [-0.1, -0.05) is 0 Å². The van der Waals surface area contributed by atoms with Crippen LogP contribution in [-0.4, -0.2) is 23.1 Å². The topological polar surface area (TPSA) is 55.0 Å². The van der Waals surface area contributed by atoms with Gasteiger partial charge in [0.05, 0.1) is 10.2 Å². The Labute approximate surface area is 91.7 Å². The number of aryl methyl sites for hydroxylation is 1. The lowest BCUT2D eigenvalue weighted by Gasteiger charge is -2.16. The van der Waals surface area contributed by atoms with E-state index in [1.807, 2.05) is 6.92 Å². The van der Waals surface area contributed by atoms with Gasteiger partial charge in [-0.25, -0.2) is 4.98 Å². The van der Waals surface area contributed by atoms with E-state index in [1.165, 1.54) is 12.8 Å². The van der Waals surface area contributed by atoms with Crippen molar-refractivity contribution in [1.82, 2.24) is 9.97 Å². The Morgan fingerprint density at radius 2 is 1.93 bits per heavy atom. The molecule has 2 heterocycles. The maximum atomic E-state index is 5.76. The van der Waals surface area contributed by atoms with Crippen LogP contribution in [0.5, 0.6) is 0 Å². The van der Waals surface area contributed by atoms with Crippen LogP contribution in [0.3, 0.4) is 0 Å². The van der Waals surface area contributed by atoms with E-state index in [9.17, 15) is 0 Å². The zero-order valence-corrected chi connectivity index (χ0v) is 9.71. The van der Waals surface area contributed by atoms with Crippen molar-refractivity contribution in [3.8, 4) is 0 Å². The molecule has 1 saturated heterocycles. The van der Waals surface area contributed by atoms with E-state index in [4.69, 9.17) is 5.73 Å². The van der Waals surface area contributed by atoms with Gasteiger partial charge in [0.2, 0.25) is 5.95 Å². The zero-order chi connectivity index (χ0) is 10.1. The van der Waals surface area contributed by atoms with Gasteiger partial charge in [-0.3, -0.25) is 0 Å². The Morgan fingerprint density at radius 1 is 1.29 bits per heavy atom. The molecule has 1 aliphatic rings. The molecule has 14 heavy (non-hydrogen) atoms. The fraction of sp³-hybridized carbons (Fsp3) is 0.556. The second-order valence-corrected chi connectivity index (χ2v) is 4.30. The van der Waals surface area contributed by atoms with Crippen LogP contribution < -0.4 is 10.6 Å². The average molecular weight is 257 g/mol. The fourth-order valence-electron chi connectivity index (χ4n) is 1.62. The highest BCUT2D eigenvalue weighted by Gasteiger charge is 2.16. The summed E-state index contributed by atoms with van der Waals surface area (Å²) in [6, 6.07) is 0. The third-order valence-corrected chi connectivity index (χ3v) is 3.40. The minimum absolute atomic E-state index is 0.527. The molecular formula is C9H13BrN4. The number of hydrogen-bond acceptors (Lipinski definition) is 4. The SMILES string of the molecule is Cc1nc(N2CCCC2)nc(N)c1Br. The Bertz CT molecular complexity index is 324. The van der Waals surface area contributed by atoms with Gasteiger partial charge in [-0.15, -0.1) is 0 Å². The standard InChI is InChI=1S/C9H13BrN4/c1-6-7(10)8(11)13-9(12-6)14-4-2-3-5-14/h2-5H2,1H3,(H2,11,12,13). The first-order chi connectivity index (χ1) is 6.68. The number of hydrogen-bond donors (Lipinski definition) is 1. The molecule has 0 aromatic carbocycles. The summed E-state index contributed by atoms with van der Waals surface area (Å²) in [5.41, 5.74) is 6.67. The van der Waals surface area contributed by atoms with Crippen LogP contribution in [0.2, 0.25) is 0 Å². The smallest absolute Gasteiger partial charge is 0.227 e. The van der Waals surface area contributed by atoms with Crippen molar-refractivity contribution in [3.63, 3.8) is 0 Å². The predicted octanol–water partition coefficient (Wildman–Crippen LogP) is 1.73. The van der Waals surface area contributed by atoms with Crippen molar-refractivity contribution in [2.75, 3.05) is 23.7 Å². The van der Waals surface area contributed by atoms with E-state index in [0.29, 0.717) is 5.82 Å². The molecule has 1 aromatic rings. The molecule has 1 fully saturated rings. The number of anilines is 2. The molecule has 0 spiro atoms. The number of nitrogens with two attached hydrogens (primary N) is 1. The molecule has 1 aromatic heterocycles. The van der Waals surface area contributed by atoms with Gasteiger partial charge in [-0.2, -0.15) is 4.98 Å². The molecule has 0 amide bonds. The summed E-state index contributed by atoms with van der Waals surface area (Å²) in [5, 5.41) is 0. The van der Waals surface area contributed by atoms with Crippen LogP contribution >= 0.6 is 15.9 Å². The van der Waals surface area contributed by atoms with Crippen LogP contribution in [0.15, 0.2) is 4.47 Å². The van der Waals surface area contributed by atoms with Gasteiger partial charge in [0.1, 0.15) is 5.82 Å². The van der Waals surface area contributed by atoms with E-state index >= 15 is 0 Å². The van der Waals surface area contributed by atoms with Gasteiger partial charge in [0, 0.05) is 13.1 Å². The number of rotatable bonds is 1. The maximum absolute atomic E-state index is 5.76. The summed E-state index contributed by atoms with van der Waals surface area (Å²) < 4.78 is 0.806. The van der Waals surface area contributed by atoms with Crippen molar-refractivity contribution in [2.45, 2.75) is 19.8 Å². The fourth-order valence-corrected chi connectivity index (χ4v) is 1.80. The lowest BCUT2D eigenvalue weighted by molar-refractivity contribution is 0.889. The van der Waals surface area contributed by atoms with Crippen molar-refractivity contribution in [2.24, 2.45) is 0 Å². The molecule has 0 aliphatic carbocycles. The highest BCUT2D eigenvalue weighted by atomic mass is 79.9. The Morgan fingerprint density at radius 3 is 2.50 bits per heavy atom. The molecule has 0 bridgehead atoms.